The molecule has 0 aliphatic heterocycles. The second-order valence-electron chi connectivity index (χ2n) is 4.54. The molecular formula is C15H20N2O. The number of nitrogens with two attached hydrogens (primary N) is 1. The molecule has 0 aliphatic rings. The lowest BCUT2D eigenvalue weighted by molar-refractivity contribution is 0.481. The Bertz CT molecular complexity index is 505. The zero-order valence-electron chi connectivity index (χ0n) is 11.0. The van der Waals surface area contributed by atoms with Crippen molar-refractivity contribution in [2.24, 2.45) is 5.73 Å². The van der Waals surface area contributed by atoms with E-state index in [9.17, 15) is 0 Å². The van der Waals surface area contributed by atoms with Gasteiger partial charge in [0, 0.05) is 12.7 Å². The van der Waals surface area contributed by atoms with E-state index >= 15 is 0 Å². The molecule has 0 bridgehead atoms. The minimum Gasteiger partial charge on any atom is -0.464 e. The normalized spacial score (nSPS) is 10.6. The smallest absolute Gasteiger partial charge is 0.123 e. The number of benzene rings is 1. The summed E-state index contributed by atoms with van der Waals surface area (Å²) in [5.74, 6) is 1.94. The van der Waals surface area contributed by atoms with Crippen LogP contribution < -0.4 is 10.6 Å². The first-order valence-electron chi connectivity index (χ1n) is 6.25. The Kier molecular flexibility index (Phi) is 4.05. The maximum Gasteiger partial charge on any atom is 0.123 e. The Morgan fingerprint density at radius 2 is 1.94 bits per heavy atom. The van der Waals surface area contributed by atoms with E-state index in [1.54, 1.807) is 0 Å². The van der Waals surface area contributed by atoms with Crippen LogP contribution in [0.15, 0.2) is 40.8 Å². The number of anilines is 1. The molecule has 0 radical (unpaired) electrons. The van der Waals surface area contributed by atoms with Gasteiger partial charge in [0.15, 0.2) is 0 Å². The first-order valence-corrected chi connectivity index (χ1v) is 6.25. The highest BCUT2D eigenvalue weighted by atomic mass is 16.3. The highest BCUT2D eigenvalue weighted by Crippen LogP contribution is 2.21. The summed E-state index contributed by atoms with van der Waals surface area (Å²) >= 11 is 0. The topological polar surface area (TPSA) is 42.4 Å². The lowest BCUT2D eigenvalue weighted by Gasteiger charge is -2.21. The van der Waals surface area contributed by atoms with Crippen molar-refractivity contribution in [3.8, 4) is 0 Å². The molecule has 0 aliphatic carbocycles. The Labute approximate surface area is 108 Å². The van der Waals surface area contributed by atoms with Crippen LogP contribution in [0.5, 0.6) is 0 Å². The van der Waals surface area contributed by atoms with Gasteiger partial charge in [0.05, 0.1) is 6.54 Å². The van der Waals surface area contributed by atoms with Crippen LogP contribution in [-0.4, -0.2) is 13.6 Å². The lowest BCUT2D eigenvalue weighted by atomic mass is 10.1. The number of rotatable bonds is 5. The van der Waals surface area contributed by atoms with E-state index < -0.39 is 0 Å². The second kappa shape index (κ2) is 5.74. The van der Waals surface area contributed by atoms with Crippen LogP contribution in [0.4, 0.5) is 5.69 Å². The molecule has 0 unspecified atom stereocenters. The summed E-state index contributed by atoms with van der Waals surface area (Å²) in [7, 11) is 2.08. The van der Waals surface area contributed by atoms with Gasteiger partial charge in [0.25, 0.3) is 0 Å². The Morgan fingerprint density at radius 1 is 1.17 bits per heavy atom. The van der Waals surface area contributed by atoms with Crippen molar-refractivity contribution in [1.82, 2.24) is 0 Å². The monoisotopic (exact) mass is 244 g/mol. The van der Waals surface area contributed by atoms with Gasteiger partial charge in [-0.05, 0) is 43.7 Å². The second-order valence-corrected chi connectivity index (χ2v) is 4.54. The third-order valence-electron chi connectivity index (χ3n) is 3.01. The molecule has 18 heavy (non-hydrogen) atoms. The molecule has 0 saturated heterocycles. The maximum absolute atomic E-state index is 5.65. The first kappa shape index (κ1) is 12.7. The van der Waals surface area contributed by atoms with Crippen LogP contribution in [0.25, 0.3) is 0 Å². The SMILES string of the molecule is Cc1ccc(CN(C)c2ccccc2CCN)o1. The van der Waals surface area contributed by atoms with E-state index in [1.165, 1.54) is 11.3 Å². The van der Waals surface area contributed by atoms with Crippen molar-refractivity contribution in [3.05, 3.63) is 53.5 Å². The Hall–Kier alpha value is -1.74. The molecule has 0 amide bonds. The number of aryl methyl sites for hydroxylation is 1. The predicted molar refractivity (Wildman–Crippen MR) is 74.8 cm³/mol. The molecule has 2 rings (SSSR count). The highest BCUT2D eigenvalue weighted by molar-refractivity contribution is 5.53. The van der Waals surface area contributed by atoms with Gasteiger partial charge in [-0.1, -0.05) is 18.2 Å². The quantitative estimate of drug-likeness (QED) is 0.879. The average molecular weight is 244 g/mol. The fourth-order valence-electron chi connectivity index (χ4n) is 2.14. The van der Waals surface area contributed by atoms with Crippen LogP contribution in [0.3, 0.4) is 0 Å². The molecule has 3 heteroatoms. The summed E-state index contributed by atoms with van der Waals surface area (Å²) in [5.41, 5.74) is 8.15. The first-order chi connectivity index (χ1) is 8.70. The Morgan fingerprint density at radius 3 is 2.61 bits per heavy atom. The third kappa shape index (κ3) is 2.93. The Balaban J connectivity index is 2.15. The fourth-order valence-corrected chi connectivity index (χ4v) is 2.14. The molecule has 2 aromatic rings. The molecule has 0 saturated carbocycles. The zero-order valence-corrected chi connectivity index (χ0v) is 11.0. The lowest BCUT2D eigenvalue weighted by Crippen LogP contribution is -2.18. The number of nitrogens with zero attached hydrogens (tertiary/aromatic N) is 1. The summed E-state index contributed by atoms with van der Waals surface area (Å²) in [6.45, 7) is 3.41. The van der Waals surface area contributed by atoms with Gasteiger partial charge >= 0.3 is 0 Å². The van der Waals surface area contributed by atoms with Crippen LogP contribution in [0, 0.1) is 6.92 Å². The van der Waals surface area contributed by atoms with Gasteiger partial charge in [-0.2, -0.15) is 0 Å². The van der Waals surface area contributed by atoms with Gasteiger partial charge in [-0.3, -0.25) is 0 Å². The van der Waals surface area contributed by atoms with E-state index in [2.05, 4.69) is 36.2 Å². The van der Waals surface area contributed by atoms with Crippen molar-refractivity contribution >= 4 is 5.69 Å². The summed E-state index contributed by atoms with van der Waals surface area (Å²) in [5, 5.41) is 0. The molecule has 0 spiro atoms. The van der Waals surface area contributed by atoms with Gasteiger partial charge in [-0.25, -0.2) is 0 Å². The number of furan rings is 1. The van der Waals surface area contributed by atoms with Crippen LogP contribution in [0.2, 0.25) is 0 Å². The molecule has 1 aromatic carbocycles. The number of hydrogen-bond donors (Lipinski definition) is 1. The highest BCUT2D eigenvalue weighted by Gasteiger charge is 2.08. The van der Waals surface area contributed by atoms with Gasteiger partial charge in [-0.15, -0.1) is 0 Å². The van der Waals surface area contributed by atoms with Crippen LogP contribution in [0.1, 0.15) is 17.1 Å². The largest absolute Gasteiger partial charge is 0.464 e. The number of hydrogen-bond acceptors (Lipinski definition) is 3. The van der Waals surface area contributed by atoms with Crippen LogP contribution >= 0.6 is 0 Å². The van der Waals surface area contributed by atoms with E-state index in [1.807, 2.05) is 19.1 Å². The van der Waals surface area contributed by atoms with E-state index in [0.717, 1.165) is 24.5 Å². The van der Waals surface area contributed by atoms with E-state index in [0.29, 0.717) is 6.54 Å². The fraction of sp³-hybridized carbons (Fsp3) is 0.333. The molecule has 3 nitrogen and oxygen atoms in total. The minimum absolute atomic E-state index is 0.671. The van der Waals surface area contributed by atoms with E-state index in [-0.39, 0.29) is 0 Å². The summed E-state index contributed by atoms with van der Waals surface area (Å²) in [6, 6.07) is 12.4. The van der Waals surface area contributed by atoms with Crippen molar-refractivity contribution in [3.63, 3.8) is 0 Å². The molecule has 2 N–H and O–H groups in total. The average Bonchev–Trinajstić information content (AvgIpc) is 2.76. The van der Waals surface area contributed by atoms with Gasteiger partial charge < -0.3 is 15.1 Å². The van der Waals surface area contributed by atoms with Crippen molar-refractivity contribution in [2.45, 2.75) is 19.9 Å². The molecule has 0 atom stereocenters. The summed E-state index contributed by atoms with van der Waals surface area (Å²) in [4.78, 5) is 2.20. The predicted octanol–water partition coefficient (Wildman–Crippen LogP) is 2.73. The van der Waals surface area contributed by atoms with Gasteiger partial charge in [0.1, 0.15) is 11.5 Å². The molecule has 0 fully saturated rings. The molecule has 1 heterocycles. The maximum atomic E-state index is 5.65. The van der Waals surface area contributed by atoms with Crippen molar-refractivity contribution in [1.29, 1.82) is 0 Å². The molecule has 96 valence electrons. The van der Waals surface area contributed by atoms with Crippen molar-refractivity contribution < 1.29 is 4.42 Å². The summed E-state index contributed by atoms with van der Waals surface area (Å²) in [6.07, 6.45) is 0.900. The molecular weight excluding hydrogens is 224 g/mol. The van der Waals surface area contributed by atoms with Crippen molar-refractivity contribution in [2.75, 3.05) is 18.5 Å². The third-order valence-corrected chi connectivity index (χ3v) is 3.01. The van der Waals surface area contributed by atoms with E-state index in [4.69, 9.17) is 10.2 Å². The minimum atomic E-state index is 0.671. The zero-order chi connectivity index (χ0) is 13.0. The molecule has 1 aromatic heterocycles. The summed E-state index contributed by atoms with van der Waals surface area (Å²) < 4.78 is 5.61. The van der Waals surface area contributed by atoms with Gasteiger partial charge in [0.2, 0.25) is 0 Å². The van der Waals surface area contributed by atoms with Crippen LogP contribution in [-0.2, 0) is 13.0 Å². The standard InChI is InChI=1S/C15H20N2O/c1-12-7-8-14(18-12)11-17(2)15-6-4-3-5-13(15)9-10-16/h3-8H,9-11,16H2,1-2H3. The number of para-hydroxylation sites is 1.